The first-order chi connectivity index (χ1) is 13.4. The van der Waals surface area contributed by atoms with Crippen molar-refractivity contribution in [2.75, 3.05) is 13.1 Å². The predicted octanol–water partition coefficient (Wildman–Crippen LogP) is 3.01. The van der Waals surface area contributed by atoms with Gasteiger partial charge in [0.25, 0.3) is 5.91 Å². The van der Waals surface area contributed by atoms with Crippen LogP contribution in [0.2, 0.25) is 0 Å². The van der Waals surface area contributed by atoms with Crippen molar-refractivity contribution in [3.05, 3.63) is 77.6 Å². The number of benzene rings is 2. The first kappa shape index (κ1) is 19.9. The molecular weight excluding hydrogens is 374 g/mol. The zero-order chi connectivity index (χ0) is 20.1. The lowest BCUT2D eigenvalue weighted by Crippen LogP contribution is -2.35. The van der Waals surface area contributed by atoms with Gasteiger partial charge >= 0.3 is 0 Å². The van der Waals surface area contributed by atoms with Gasteiger partial charge in [-0.3, -0.25) is 4.79 Å². The fourth-order valence-corrected chi connectivity index (χ4v) is 4.30. The SMILES string of the molecule is Cc1ccc(C)c(S(=O)(=O)NCCNC(=O)c2c[nH]cc2-c2ccccc2)c1. The van der Waals surface area contributed by atoms with Gasteiger partial charge in [0, 0.05) is 31.0 Å². The van der Waals surface area contributed by atoms with Gasteiger partial charge in [0.05, 0.1) is 10.5 Å². The van der Waals surface area contributed by atoms with Crippen molar-refractivity contribution in [2.24, 2.45) is 0 Å². The van der Waals surface area contributed by atoms with E-state index in [-0.39, 0.29) is 23.9 Å². The largest absolute Gasteiger partial charge is 0.366 e. The van der Waals surface area contributed by atoms with Crippen molar-refractivity contribution in [1.82, 2.24) is 15.0 Å². The molecule has 0 bridgehead atoms. The number of aromatic amines is 1. The molecule has 28 heavy (non-hydrogen) atoms. The van der Waals surface area contributed by atoms with Gasteiger partial charge in [-0.15, -0.1) is 0 Å². The predicted molar refractivity (Wildman–Crippen MR) is 110 cm³/mol. The second kappa shape index (κ2) is 8.41. The molecule has 0 spiro atoms. The second-order valence-corrected chi connectivity index (χ2v) is 8.31. The van der Waals surface area contributed by atoms with Crippen LogP contribution in [0.15, 0.2) is 65.8 Å². The molecule has 3 N–H and O–H groups in total. The Labute approximate surface area is 165 Å². The Bertz CT molecular complexity index is 1070. The number of nitrogens with one attached hydrogen (secondary N) is 3. The van der Waals surface area contributed by atoms with Gasteiger partial charge < -0.3 is 10.3 Å². The molecule has 1 aromatic heterocycles. The van der Waals surface area contributed by atoms with Crippen LogP contribution in [0, 0.1) is 13.8 Å². The third-order valence-electron chi connectivity index (χ3n) is 4.41. The van der Waals surface area contributed by atoms with Gasteiger partial charge in [-0.1, -0.05) is 42.5 Å². The van der Waals surface area contributed by atoms with E-state index in [0.717, 1.165) is 16.7 Å². The number of hydrogen-bond acceptors (Lipinski definition) is 3. The zero-order valence-corrected chi connectivity index (χ0v) is 16.6. The molecule has 3 aromatic rings. The number of amides is 1. The Kier molecular flexibility index (Phi) is 5.96. The Morgan fingerprint density at radius 2 is 1.75 bits per heavy atom. The van der Waals surface area contributed by atoms with Crippen LogP contribution in [0.4, 0.5) is 0 Å². The minimum Gasteiger partial charge on any atom is -0.366 e. The van der Waals surface area contributed by atoms with Crippen LogP contribution in [-0.4, -0.2) is 32.4 Å². The molecule has 6 nitrogen and oxygen atoms in total. The van der Waals surface area contributed by atoms with E-state index in [2.05, 4.69) is 15.0 Å². The van der Waals surface area contributed by atoms with E-state index in [1.807, 2.05) is 43.3 Å². The molecule has 0 unspecified atom stereocenters. The highest BCUT2D eigenvalue weighted by molar-refractivity contribution is 7.89. The number of rotatable bonds is 7. The van der Waals surface area contributed by atoms with E-state index >= 15 is 0 Å². The van der Waals surface area contributed by atoms with Crippen LogP contribution in [0.3, 0.4) is 0 Å². The number of carbonyl (C=O) groups excluding carboxylic acids is 1. The smallest absolute Gasteiger partial charge is 0.253 e. The summed E-state index contributed by atoms with van der Waals surface area (Å²) in [5.74, 6) is -0.258. The quantitative estimate of drug-likeness (QED) is 0.535. The lowest BCUT2D eigenvalue weighted by Gasteiger charge is -2.11. The third-order valence-corrected chi connectivity index (χ3v) is 6.01. The lowest BCUT2D eigenvalue weighted by molar-refractivity contribution is 0.0955. The number of aromatic nitrogens is 1. The summed E-state index contributed by atoms with van der Waals surface area (Å²) in [4.78, 5) is 15.7. The standard InChI is InChI=1S/C21H23N3O3S/c1-15-8-9-16(2)20(12-15)28(26,27)24-11-10-23-21(25)19-14-22-13-18(19)17-6-4-3-5-7-17/h3-9,12-14,22,24H,10-11H2,1-2H3,(H,23,25). The van der Waals surface area contributed by atoms with E-state index in [4.69, 9.17) is 0 Å². The van der Waals surface area contributed by atoms with Crippen LogP contribution in [0.5, 0.6) is 0 Å². The highest BCUT2D eigenvalue weighted by atomic mass is 32.2. The number of aryl methyl sites for hydroxylation is 2. The molecule has 2 aromatic carbocycles. The van der Waals surface area contributed by atoms with Gasteiger partial charge in [-0.25, -0.2) is 13.1 Å². The molecule has 1 heterocycles. The average Bonchev–Trinajstić information content (AvgIpc) is 3.17. The fraction of sp³-hybridized carbons (Fsp3) is 0.190. The summed E-state index contributed by atoms with van der Waals surface area (Å²) in [6, 6.07) is 14.9. The molecule has 146 valence electrons. The molecule has 0 radical (unpaired) electrons. The summed E-state index contributed by atoms with van der Waals surface area (Å²) in [5, 5.41) is 2.76. The maximum Gasteiger partial charge on any atom is 0.253 e. The van der Waals surface area contributed by atoms with Gasteiger partial charge in [-0.05, 0) is 36.6 Å². The molecule has 0 atom stereocenters. The molecular formula is C21H23N3O3S. The van der Waals surface area contributed by atoms with E-state index in [1.54, 1.807) is 31.5 Å². The van der Waals surface area contributed by atoms with E-state index in [0.29, 0.717) is 11.1 Å². The molecule has 0 aliphatic carbocycles. The Balaban J connectivity index is 1.60. The second-order valence-electron chi connectivity index (χ2n) is 6.57. The Morgan fingerprint density at radius 3 is 2.50 bits per heavy atom. The number of carbonyl (C=O) groups is 1. The lowest BCUT2D eigenvalue weighted by atomic mass is 10.0. The van der Waals surface area contributed by atoms with Crippen LogP contribution < -0.4 is 10.0 Å². The fourth-order valence-electron chi connectivity index (χ4n) is 2.94. The van der Waals surface area contributed by atoms with Gasteiger partial charge in [-0.2, -0.15) is 0 Å². The van der Waals surface area contributed by atoms with Crippen LogP contribution in [0.25, 0.3) is 11.1 Å². The maximum absolute atomic E-state index is 12.5. The van der Waals surface area contributed by atoms with Crippen LogP contribution in [-0.2, 0) is 10.0 Å². The monoisotopic (exact) mass is 397 g/mol. The molecule has 0 aliphatic rings. The van der Waals surface area contributed by atoms with Crippen molar-refractivity contribution >= 4 is 15.9 Å². The molecule has 0 saturated carbocycles. The Morgan fingerprint density at radius 1 is 1.00 bits per heavy atom. The number of sulfonamides is 1. The molecule has 0 aliphatic heterocycles. The first-order valence-corrected chi connectivity index (χ1v) is 10.4. The summed E-state index contributed by atoms with van der Waals surface area (Å²) < 4.78 is 27.5. The first-order valence-electron chi connectivity index (χ1n) is 8.96. The molecule has 0 saturated heterocycles. The highest BCUT2D eigenvalue weighted by Gasteiger charge is 2.17. The molecule has 3 rings (SSSR count). The Hall–Kier alpha value is -2.90. The van der Waals surface area contributed by atoms with E-state index in [1.165, 1.54) is 0 Å². The van der Waals surface area contributed by atoms with Crippen LogP contribution in [0.1, 0.15) is 21.5 Å². The topological polar surface area (TPSA) is 91.1 Å². The van der Waals surface area contributed by atoms with Crippen molar-refractivity contribution in [2.45, 2.75) is 18.7 Å². The van der Waals surface area contributed by atoms with Crippen molar-refractivity contribution in [3.8, 4) is 11.1 Å². The average molecular weight is 398 g/mol. The summed E-state index contributed by atoms with van der Waals surface area (Å²) in [5.41, 5.74) is 3.81. The molecule has 7 heteroatoms. The van der Waals surface area contributed by atoms with Crippen molar-refractivity contribution in [3.63, 3.8) is 0 Å². The van der Waals surface area contributed by atoms with Gasteiger partial charge in [0.2, 0.25) is 10.0 Å². The number of hydrogen-bond donors (Lipinski definition) is 3. The van der Waals surface area contributed by atoms with Gasteiger partial charge in [0.1, 0.15) is 0 Å². The normalized spacial score (nSPS) is 11.4. The third kappa shape index (κ3) is 4.49. The summed E-state index contributed by atoms with van der Waals surface area (Å²) in [6.45, 7) is 3.89. The summed E-state index contributed by atoms with van der Waals surface area (Å²) in [7, 11) is -3.62. The van der Waals surface area contributed by atoms with Crippen molar-refractivity contribution < 1.29 is 13.2 Å². The summed E-state index contributed by atoms with van der Waals surface area (Å²) in [6.07, 6.45) is 3.41. The van der Waals surface area contributed by atoms with Crippen LogP contribution >= 0.6 is 0 Å². The zero-order valence-electron chi connectivity index (χ0n) is 15.8. The minimum absolute atomic E-state index is 0.104. The highest BCUT2D eigenvalue weighted by Crippen LogP contribution is 2.23. The van der Waals surface area contributed by atoms with Gasteiger partial charge in [0.15, 0.2) is 0 Å². The molecule has 1 amide bonds. The maximum atomic E-state index is 12.5. The van der Waals surface area contributed by atoms with E-state index < -0.39 is 10.0 Å². The molecule has 0 fully saturated rings. The minimum atomic E-state index is -3.62. The summed E-state index contributed by atoms with van der Waals surface area (Å²) >= 11 is 0. The van der Waals surface area contributed by atoms with Crippen molar-refractivity contribution in [1.29, 1.82) is 0 Å². The van der Waals surface area contributed by atoms with E-state index in [9.17, 15) is 13.2 Å². The number of H-pyrrole nitrogens is 1.